The molecule has 8 N–H and O–H groups in total. The van der Waals surface area contributed by atoms with Gasteiger partial charge in [-0.15, -0.1) is 0 Å². The van der Waals surface area contributed by atoms with Crippen molar-refractivity contribution in [3.05, 3.63) is 48.0 Å². The number of hydrogen-bond acceptors (Lipinski definition) is 13. The van der Waals surface area contributed by atoms with Crippen LogP contribution in [0.15, 0.2) is 41.9 Å². The molecule has 2 amide bonds. The highest BCUT2D eigenvalue weighted by Crippen LogP contribution is 2.40. The fourth-order valence-electron chi connectivity index (χ4n) is 4.30. The lowest BCUT2D eigenvalue weighted by molar-refractivity contribution is -0.271. The molecule has 2 aromatic carbocycles. The van der Waals surface area contributed by atoms with Crippen LogP contribution < -0.4 is 30.6 Å². The van der Waals surface area contributed by atoms with Crippen molar-refractivity contribution < 1.29 is 58.5 Å². The highest BCUT2D eigenvalue weighted by molar-refractivity contribution is 5.92. The number of carboxylic acids is 1. The minimum atomic E-state index is -1.91. The van der Waals surface area contributed by atoms with Gasteiger partial charge in [-0.1, -0.05) is 12.6 Å². The Kier molecular flexibility index (Phi) is 10.4. The third-order valence-electron chi connectivity index (χ3n) is 6.60. The molecule has 2 heterocycles. The molecule has 16 heteroatoms. The number of aliphatic imine (C=N–C) groups is 1. The molecule has 3 unspecified atom stereocenters. The monoisotopic (exact) mass is 616 g/mol. The quantitative estimate of drug-likeness (QED) is 0.158. The highest BCUT2D eigenvalue weighted by atomic mass is 16.7. The zero-order chi connectivity index (χ0) is 32.0. The molecule has 2 aromatic rings. The van der Waals surface area contributed by atoms with E-state index in [2.05, 4.69) is 28.9 Å². The molecule has 0 spiro atoms. The van der Waals surface area contributed by atoms with Gasteiger partial charge in [-0.3, -0.25) is 9.79 Å². The van der Waals surface area contributed by atoms with E-state index >= 15 is 0 Å². The van der Waals surface area contributed by atoms with Gasteiger partial charge in [-0.25, -0.2) is 9.59 Å². The summed E-state index contributed by atoms with van der Waals surface area (Å²) < 4.78 is 26.8. The maximum absolute atomic E-state index is 12.5. The van der Waals surface area contributed by atoms with E-state index in [9.17, 15) is 34.8 Å². The number of benzene rings is 2. The maximum Gasteiger partial charge on any atom is 0.407 e. The third-order valence-corrected chi connectivity index (χ3v) is 6.60. The second-order valence-corrected chi connectivity index (χ2v) is 9.68. The summed E-state index contributed by atoms with van der Waals surface area (Å²) in [5.74, 6) is -1.12. The number of nitrogens with one attached hydrogen (secondary N) is 2. The Bertz CT molecular complexity index is 1430. The number of ether oxygens (including phenoxy) is 5. The van der Waals surface area contributed by atoms with E-state index < -0.39 is 48.7 Å². The number of carboxylic acid groups (broad SMARTS) is 1. The third kappa shape index (κ3) is 7.42. The number of fused-ring (bicyclic) bond motifs is 1. The zero-order valence-corrected chi connectivity index (χ0v) is 23.3. The summed E-state index contributed by atoms with van der Waals surface area (Å²) in [6, 6.07) is 7.59. The number of carbonyl (C=O) groups excluding carboxylic acids is 2. The summed E-state index contributed by atoms with van der Waals surface area (Å²) >= 11 is 0. The van der Waals surface area contributed by atoms with Gasteiger partial charge in [0.25, 0.3) is 0 Å². The summed E-state index contributed by atoms with van der Waals surface area (Å²) in [6.45, 7) is 7.42. The van der Waals surface area contributed by atoms with Gasteiger partial charge in [0.2, 0.25) is 19.0 Å². The van der Waals surface area contributed by atoms with Crippen LogP contribution in [0.1, 0.15) is 17.5 Å². The number of aliphatic hydroxyl groups is 3. The minimum absolute atomic E-state index is 0.00969. The van der Waals surface area contributed by atoms with Crippen molar-refractivity contribution in [3.8, 4) is 17.2 Å². The van der Waals surface area contributed by atoms with Gasteiger partial charge in [0, 0.05) is 31.1 Å². The topological polar surface area (TPSA) is 241 Å². The normalized spacial score (nSPS) is 22.0. The molecule has 2 aliphatic rings. The second kappa shape index (κ2) is 14.2. The fraction of sp³-hybridized carbons (Fsp3) is 0.357. The van der Waals surface area contributed by atoms with E-state index in [1.165, 1.54) is 18.2 Å². The summed E-state index contributed by atoms with van der Waals surface area (Å²) in [5.41, 5.74) is 7.51. The summed E-state index contributed by atoms with van der Waals surface area (Å²) in [6.07, 6.45) is -10.1. The molecule has 5 atom stereocenters. The Morgan fingerprint density at radius 1 is 1.07 bits per heavy atom. The number of anilines is 1. The number of carbonyl (C=O) groups is 3. The van der Waals surface area contributed by atoms with Crippen LogP contribution in [0.2, 0.25) is 0 Å². The lowest BCUT2D eigenvalue weighted by Crippen LogP contribution is -2.61. The highest BCUT2D eigenvalue weighted by Gasteiger charge is 2.48. The van der Waals surface area contributed by atoms with Gasteiger partial charge in [0.1, 0.15) is 30.7 Å². The van der Waals surface area contributed by atoms with E-state index in [0.717, 1.165) is 0 Å². The Balaban J connectivity index is 1.41. The Labute approximate surface area is 250 Å². The molecule has 16 nitrogen and oxygen atoms in total. The van der Waals surface area contributed by atoms with Crippen molar-refractivity contribution in [1.82, 2.24) is 5.32 Å². The molecule has 1 saturated heterocycles. The van der Waals surface area contributed by atoms with Gasteiger partial charge in [0.05, 0.1) is 11.4 Å². The van der Waals surface area contributed by atoms with Crippen molar-refractivity contribution in [1.29, 1.82) is 0 Å². The summed E-state index contributed by atoms with van der Waals surface area (Å²) in [5, 5.41) is 44.8. The smallest absolute Gasteiger partial charge is 0.407 e. The Morgan fingerprint density at radius 3 is 2.48 bits per heavy atom. The van der Waals surface area contributed by atoms with E-state index in [1.807, 2.05) is 0 Å². The van der Waals surface area contributed by atoms with Gasteiger partial charge in [-0.05, 0) is 36.1 Å². The predicted octanol–water partition coefficient (Wildman–Crippen LogP) is 0.245. The van der Waals surface area contributed by atoms with Gasteiger partial charge >= 0.3 is 12.1 Å². The van der Waals surface area contributed by atoms with Crippen LogP contribution in [-0.4, -0.2) is 95.7 Å². The first-order chi connectivity index (χ1) is 21.0. The average molecular weight is 617 g/mol. The van der Waals surface area contributed by atoms with Crippen LogP contribution in [0.4, 0.5) is 16.2 Å². The molecule has 0 radical (unpaired) electrons. The first-order valence-electron chi connectivity index (χ1n) is 13.2. The maximum atomic E-state index is 12.5. The molecule has 0 aromatic heterocycles. The van der Waals surface area contributed by atoms with E-state index in [1.54, 1.807) is 12.1 Å². The van der Waals surface area contributed by atoms with Crippen LogP contribution in [-0.2, 0) is 25.7 Å². The van der Waals surface area contributed by atoms with Crippen molar-refractivity contribution in [2.45, 2.75) is 43.7 Å². The molecule has 0 aliphatic carbocycles. The van der Waals surface area contributed by atoms with Crippen LogP contribution in [0, 0.1) is 0 Å². The summed E-state index contributed by atoms with van der Waals surface area (Å²) in [4.78, 5) is 40.1. The largest absolute Gasteiger partial charge is 0.479 e. The second-order valence-electron chi connectivity index (χ2n) is 9.68. The van der Waals surface area contributed by atoms with E-state index in [-0.39, 0.29) is 44.3 Å². The number of rotatable bonds is 12. The number of hydrogen-bond donors (Lipinski definition) is 7. The Morgan fingerprint density at radius 2 is 1.80 bits per heavy atom. The van der Waals surface area contributed by atoms with Crippen LogP contribution >= 0.6 is 0 Å². The number of aliphatic hydroxyl groups excluding tert-OH is 3. The Hall–Kier alpha value is -4.74. The lowest BCUT2D eigenvalue weighted by Gasteiger charge is -2.38. The van der Waals surface area contributed by atoms with Crippen molar-refractivity contribution >= 4 is 41.6 Å². The average Bonchev–Trinajstić information content (AvgIpc) is 3.46. The molecule has 1 fully saturated rings. The number of nitrogens with zero attached hydrogens (tertiary/aromatic N) is 1. The minimum Gasteiger partial charge on any atom is -0.479 e. The molecule has 2 aliphatic heterocycles. The number of nitrogens with two attached hydrogens (primary N) is 1. The molecule has 0 saturated carbocycles. The first kappa shape index (κ1) is 32.2. The molecule has 0 bridgehead atoms. The number of amides is 2. The lowest BCUT2D eigenvalue weighted by atomic mass is 9.99. The van der Waals surface area contributed by atoms with Crippen molar-refractivity contribution in [2.24, 2.45) is 10.7 Å². The van der Waals surface area contributed by atoms with Crippen molar-refractivity contribution in [2.75, 3.05) is 25.2 Å². The molecular weight excluding hydrogens is 584 g/mol. The molecular formula is C28H32N4O12. The SMILES string of the molecule is C=Nc1cc2c(cc1C(=C)CNC(=O)OCc1ccc(O[C@@H]3OC(C(=O)O)[C@@H](O)C(O)C3O)c(NC(=O)CCN)c1)OCO2. The van der Waals surface area contributed by atoms with Crippen LogP contribution in [0.25, 0.3) is 5.57 Å². The van der Waals surface area contributed by atoms with Gasteiger partial charge in [0.15, 0.2) is 17.6 Å². The first-order valence-corrected chi connectivity index (χ1v) is 13.2. The van der Waals surface area contributed by atoms with Gasteiger partial charge in [-0.2, -0.15) is 0 Å². The predicted molar refractivity (Wildman–Crippen MR) is 153 cm³/mol. The molecule has 44 heavy (non-hydrogen) atoms. The fourth-order valence-corrected chi connectivity index (χ4v) is 4.30. The molecule has 4 rings (SSSR count). The van der Waals surface area contributed by atoms with Crippen LogP contribution in [0.3, 0.4) is 0 Å². The van der Waals surface area contributed by atoms with Crippen molar-refractivity contribution in [3.63, 3.8) is 0 Å². The van der Waals surface area contributed by atoms with E-state index in [4.69, 9.17) is 29.4 Å². The summed E-state index contributed by atoms with van der Waals surface area (Å²) in [7, 11) is 0. The molecule has 236 valence electrons. The van der Waals surface area contributed by atoms with E-state index in [0.29, 0.717) is 33.9 Å². The zero-order valence-electron chi connectivity index (χ0n) is 23.3. The van der Waals surface area contributed by atoms with Gasteiger partial charge < -0.3 is 60.5 Å². The van der Waals surface area contributed by atoms with Crippen LogP contribution in [0.5, 0.6) is 17.2 Å². The standard InChI is InChI=1S/C28H32N4O12/c1-13(15-8-19-20(42-12-41-19)9-16(15)30-2)10-31-28(39)40-11-14-3-4-18(17(7-14)32-21(33)5-6-29)43-27-24(36)22(34)23(35)25(44-27)26(37)38/h3-4,7-9,22-25,27,34-36H,1-2,5-6,10-12,29H2,(H,31,39)(H,32,33)(H,37,38)/t22?,23-,24?,25?,27+/m0/s1. The number of alkyl carbamates (subject to hydrolysis) is 1. The number of aliphatic carboxylic acids is 1.